The van der Waals surface area contributed by atoms with Crippen LogP contribution in [-0.4, -0.2) is 55.4 Å². The largest absolute Gasteiger partial charge is 0.462 e. The predicted octanol–water partition coefficient (Wildman–Crippen LogP) is -1.33. The highest BCUT2D eigenvalue weighted by atomic mass is 79.9. The van der Waals surface area contributed by atoms with Crippen LogP contribution in [0.2, 0.25) is 0 Å². The molecular formula is C11H14BrN2O9P. The molecule has 3 unspecified atom stereocenters. The van der Waals surface area contributed by atoms with Crippen LogP contribution in [0.4, 0.5) is 0 Å². The molecule has 24 heavy (non-hydrogen) atoms. The normalized spacial score (nSPS) is 24.1. The van der Waals surface area contributed by atoms with Crippen LogP contribution in [0.15, 0.2) is 20.3 Å². The van der Waals surface area contributed by atoms with Gasteiger partial charge < -0.3 is 24.4 Å². The fourth-order valence-corrected chi connectivity index (χ4v) is 2.85. The molecule has 1 fully saturated rings. The molecule has 1 aromatic rings. The van der Waals surface area contributed by atoms with Gasteiger partial charge in [-0.1, -0.05) is 0 Å². The number of halogens is 1. The van der Waals surface area contributed by atoms with Crippen LogP contribution >= 0.6 is 23.5 Å². The summed E-state index contributed by atoms with van der Waals surface area (Å²) in [6.07, 6.45) is -2.82. The molecule has 1 aliphatic rings. The van der Waals surface area contributed by atoms with Crippen molar-refractivity contribution in [2.24, 2.45) is 0 Å². The number of esters is 1. The number of nitrogens with zero attached hydrogens (tertiary/aromatic N) is 1. The lowest BCUT2D eigenvalue weighted by atomic mass is 10.2. The minimum absolute atomic E-state index is 0.000892. The number of aromatic nitrogens is 2. The van der Waals surface area contributed by atoms with Crippen molar-refractivity contribution in [3.05, 3.63) is 31.5 Å². The molecular weight excluding hydrogens is 415 g/mol. The van der Waals surface area contributed by atoms with Crippen molar-refractivity contribution in [1.82, 2.24) is 9.55 Å². The van der Waals surface area contributed by atoms with Crippen molar-refractivity contribution < 1.29 is 33.7 Å². The van der Waals surface area contributed by atoms with E-state index in [4.69, 9.17) is 14.5 Å². The van der Waals surface area contributed by atoms with Crippen molar-refractivity contribution in [1.29, 1.82) is 0 Å². The minimum atomic E-state index is -4.54. The van der Waals surface area contributed by atoms with Gasteiger partial charge in [0.1, 0.15) is 25.1 Å². The molecule has 13 heteroatoms. The maximum Gasteiger partial charge on any atom is 0.336 e. The number of hydrogen-bond acceptors (Lipinski definition) is 7. The molecule has 1 saturated heterocycles. The summed E-state index contributed by atoms with van der Waals surface area (Å²) in [7, 11) is -4.54. The van der Waals surface area contributed by atoms with E-state index in [-0.39, 0.29) is 10.9 Å². The van der Waals surface area contributed by atoms with E-state index in [2.05, 4.69) is 25.7 Å². The fraction of sp³-hybridized carbons (Fsp3) is 0.545. The van der Waals surface area contributed by atoms with E-state index in [1.54, 1.807) is 0 Å². The van der Waals surface area contributed by atoms with E-state index in [0.717, 1.165) is 4.57 Å². The van der Waals surface area contributed by atoms with Gasteiger partial charge in [-0.25, -0.2) is 4.79 Å². The van der Waals surface area contributed by atoms with E-state index in [9.17, 15) is 24.1 Å². The highest BCUT2D eigenvalue weighted by Gasteiger charge is 2.36. The number of aliphatic hydroxyl groups is 1. The van der Waals surface area contributed by atoms with Crippen molar-refractivity contribution in [2.45, 2.75) is 24.9 Å². The van der Waals surface area contributed by atoms with Crippen LogP contribution in [-0.2, 0) is 18.8 Å². The number of H-pyrrole nitrogens is 1. The summed E-state index contributed by atoms with van der Waals surface area (Å²) in [4.78, 5) is 53.7. The number of hydrogen-bond donors (Lipinski definition) is 4. The summed E-state index contributed by atoms with van der Waals surface area (Å²) in [5.74, 6) is -1.13. The first-order chi connectivity index (χ1) is 11.1. The number of nitrogens with one attached hydrogen (secondary N) is 1. The summed E-state index contributed by atoms with van der Waals surface area (Å²) in [5.41, 5.74) is -1.35. The third-order valence-electron chi connectivity index (χ3n) is 3.18. The summed E-state index contributed by atoms with van der Waals surface area (Å²) in [5, 5.41) is 9.91. The molecule has 134 valence electrons. The van der Waals surface area contributed by atoms with Gasteiger partial charge in [0.2, 0.25) is 0 Å². The first-order valence-electron chi connectivity index (χ1n) is 6.61. The highest BCUT2D eigenvalue weighted by Crippen LogP contribution is 2.34. The van der Waals surface area contributed by atoms with Gasteiger partial charge in [0, 0.05) is 12.6 Å². The Bertz CT molecular complexity index is 784. The summed E-state index contributed by atoms with van der Waals surface area (Å²) in [6.45, 7) is -0.435. The summed E-state index contributed by atoms with van der Waals surface area (Å²) >= 11 is 2.97. The topological polar surface area (TPSA) is 168 Å². The van der Waals surface area contributed by atoms with Crippen molar-refractivity contribution in [2.75, 3.05) is 12.8 Å². The summed E-state index contributed by atoms with van der Waals surface area (Å²) < 4.78 is 21.9. The lowest BCUT2D eigenvalue weighted by Crippen LogP contribution is -2.33. The van der Waals surface area contributed by atoms with E-state index in [1.165, 1.54) is 6.20 Å². The Labute approximate surface area is 142 Å². The zero-order valence-electron chi connectivity index (χ0n) is 12.0. The molecule has 0 radical (unpaired) electrons. The second-order valence-electron chi connectivity index (χ2n) is 5.08. The molecule has 4 N–H and O–H groups in total. The van der Waals surface area contributed by atoms with Gasteiger partial charge in [-0.2, -0.15) is 0 Å². The Hall–Kier alpha value is -1.30. The number of ether oxygens (including phenoxy) is 2. The third kappa shape index (κ3) is 4.85. The SMILES string of the molecule is O=C(CP(=O)(O)O)OCC1OC(n2cc(Br)c(=O)[nH]c2=O)CC1O. The zero-order chi connectivity index (χ0) is 18.1. The number of carbonyl (C=O) groups excluding carboxylic acids is 1. The molecule has 0 aromatic carbocycles. The van der Waals surface area contributed by atoms with Crippen LogP contribution < -0.4 is 11.2 Å². The number of rotatable bonds is 5. The Morgan fingerprint density at radius 2 is 2.17 bits per heavy atom. The van der Waals surface area contributed by atoms with Crippen LogP contribution in [0, 0.1) is 0 Å². The smallest absolute Gasteiger partial charge is 0.336 e. The zero-order valence-corrected chi connectivity index (χ0v) is 14.5. The third-order valence-corrected chi connectivity index (χ3v) is 4.42. The molecule has 0 amide bonds. The average Bonchev–Trinajstić information content (AvgIpc) is 2.80. The highest BCUT2D eigenvalue weighted by molar-refractivity contribution is 9.10. The number of aliphatic hydroxyl groups excluding tert-OH is 1. The maximum atomic E-state index is 11.8. The van der Waals surface area contributed by atoms with Gasteiger partial charge >= 0.3 is 19.3 Å². The quantitative estimate of drug-likeness (QED) is 0.327. The molecule has 3 atom stereocenters. The molecule has 0 saturated carbocycles. The van der Waals surface area contributed by atoms with Crippen molar-refractivity contribution in [3.63, 3.8) is 0 Å². The number of carbonyl (C=O) groups is 1. The second-order valence-corrected chi connectivity index (χ2v) is 7.58. The standard InChI is InChI=1S/C11H14BrN2O9P/c12-5-2-14(11(18)13-10(5)17)8-1-6(15)7(23-8)3-22-9(16)4-24(19,20)21/h2,6-8,15H,1,3-4H2,(H,13,17,18)(H2,19,20,21). The van der Waals surface area contributed by atoms with Crippen LogP contribution in [0.3, 0.4) is 0 Å². The van der Waals surface area contributed by atoms with E-state index in [1.807, 2.05) is 0 Å². The van der Waals surface area contributed by atoms with Crippen LogP contribution in [0.25, 0.3) is 0 Å². The predicted molar refractivity (Wildman–Crippen MR) is 81.4 cm³/mol. The Kier molecular flexibility index (Phi) is 5.78. The lowest BCUT2D eigenvalue weighted by molar-refractivity contribution is -0.147. The van der Waals surface area contributed by atoms with E-state index < -0.39 is 56.0 Å². The van der Waals surface area contributed by atoms with Gasteiger partial charge in [-0.3, -0.25) is 23.7 Å². The number of aromatic amines is 1. The first kappa shape index (κ1) is 19.0. The van der Waals surface area contributed by atoms with E-state index in [0.29, 0.717) is 0 Å². The van der Waals surface area contributed by atoms with Crippen LogP contribution in [0.1, 0.15) is 12.6 Å². The molecule has 1 aliphatic heterocycles. The lowest BCUT2D eigenvalue weighted by Gasteiger charge is -2.16. The summed E-state index contributed by atoms with van der Waals surface area (Å²) in [6, 6.07) is 0. The Morgan fingerprint density at radius 3 is 2.79 bits per heavy atom. The average molecular weight is 429 g/mol. The van der Waals surface area contributed by atoms with Gasteiger partial charge in [0.15, 0.2) is 0 Å². The van der Waals surface area contributed by atoms with Crippen LogP contribution in [0.5, 0.6) is 0 Å². The molecule has 2 rings (SSSR count). The van der Waals surface area contributed by atoms with Crippen molar-refractivity contribution in [3.8, 4) is 0 Å². The van der Waals surface area contributed by atoms with Gasteiger partial charge in [-0.05, 0) is 15.9 Å². The minimum Gasteiger partial charge on any atom is -0.462 e. The van der Waals surface area contributed by atoms with Gasteiger partial charge in [0.05, 0.1) is 10.6 Å². The maximum absolute atomic E-state index is 11.8. The van der Waals surface area contributed by atoms with Crippen molar-refractivity contribution >= 4 is 29.5 Å². The fourth-order valence-electron chi connectivity index (χ4n) is 2.10. The van der Waals surface area contributed by atoms with Gasteiger partial charge in [-0.15, -0.1) is 0 Å². The molecule has 0 spiro atoms. The molecule has 2 heterocycles. The molecule has 11 nitrogen and oxygen atoms in total. The van der Waals surface area contributed by atoms with E-state index >= 15 is 0 Å². The first-order valence-corrected chi connectivity index (χ1v) is 9.20. The Morgan fingerprint density at radius 1 is 1.50 bits per heavy atom. The molecule has 1 aromatic heterocycles. The molecule has 0 aliphatic carbocycles. The Balaban J connectivity index is 2.01. The monoisotopic (exact) mass is 428 g/mol. The van der Waals surface area contributed by atoms with Gasteiger partial charge in [0.25, 0.3) is 5.56 Å². The second kappa shape index (κ2) is 7.30. The molecule has 0 bridgehead atoms.